The maximum Gasteiger partial charge on any atom is 0.325 e. The molecule has 31 heteroatoms. The van der Waals surface area contributed by atoms with Gasteiger partial charge in [-0.15, -0.1) is 0 Å². The lowest BCUT2D eigenvalue weighted by molar-refractivity contribution is -0.386. The van der Waals surface area contributed by atoms with Crippen molar-refractivity contribution in [2.75, 3.05) is 119 Å². The molecule has 132 heavy (non-hydrogen) atoms. The topological polar surface area (TPSA) is 361 Å². The summed E-state index contributed by atoms with van der Waals surface area (Å²) in [7, 11) is 6.28. The Hall–Kier alpha value is -9.44. The van der Waals surface area contributed by atoms with Gasteiger partial charge in [-0.05, 0) is 346 Å². The number of carbonyl (C=O) groups is 2. The number of carbonyl (C=O) groups excluding carboxylic acids is 2. The van der Waals surface area contributed by atoms with Crippen molar-refractivity contribution >= 4 is 78.6 Å². The molecule has 0 unspecified atom stereocenters. The van der Waals surface area contributed by atoms with Gasteiger partial charge in [0, 0.05) is 101 Å². The first-order valence-corrected chi connectivity index (χ1v) is 46.5. The number of nitrogen functional groups attached to an aromatic ring is 1. The predicted molar refractivity (Wildman–Crippen MR) is 524 cm³/mol. The number of nitro benzene ring substituents is 4. The van der Waals surface area contributed by atoms with Crippen LogP contribution >= 0.6 is 15.9 Å². The molecule has 1 saturated heterocycles. The zero-order valence-corrected chi connectivity index (χ0v) is 81.4. The molecule has 0 bridgehead atoms. The van der Waals surface area contributed by atoms with E-state index in [0.29, 0.717) is 54.7 Å². The molecule has 6 fully saturated rings. The molecule has 15 rings (SSSR count). The number of esters is 2. The van der Waals surface area contributed by atoms with Crippen molar-refractivity contribution in [2.45, 2.75) is 284 Å². The van der Waals surface area contributed by atoms with E-state index in [9.17, 15) is 55.2 Å². The summed E-state index contributed by atoms with van der Waals surface area (Å²) in [4.78, 5) is 75.7. The van der Waals surface area contributed by atoms with Crippen molar-refractivity contribution in [2.24, 2.45) is 0 Å². The van der Waals surface area contributed by atoms with Crippen LogP contribution in [-0.4, -0.2) is 227 Å². The first-order chi connectivity index (χ1) is 61.4. The number of nitro groups is 4. The number of aliphatic hydroxyl groups excluding tert-OH is 1. The third-order valence-electron chi connectivity index (χ3n) is 25.6. The zero-order chi connectivity index (χ0) is 95.1. The summed E-state index contributed by atoms with van der Waals surface area (Å²) in [6.45, 7) is 40.3. The Bertz CT molecular complexity index is 4990. The number of anilines is 1. The summed E-state index contributed by atoms with van der Waals surface area (Å²) >= 11 is 3.13. The van der Waals surface area contributed by atoms with Crippen LogP contribution in [0.1, 0.15) is 248 Å². The lowest BCUT2D eigenvalue weighted by Crippen LogP contribution is -2.52. The molecule has 10 aliphatic rings. The molecule has 30 nitrogen and oxygen atoms in total. The van der Waals surface area contributed by atoms with Gasteiger partial charge in [0.25, 0.3) is 0 Å². The summed E-state index contributed by atoms with van der Waals surface area (Å²) in [5.74, 6) is 2.53. The van der Waals surface area contributed by atoms with Gasteiger partial charge in [-0.1, -0.05) is 55.1 Å². The average molecular weight is 1900 g/mol. The SMILES string of the molecule is C.C.COC(=O)C(C)(C)Br.COC(=O)C(C)(C)N1CC=C(c2cc(OC3CC3)c([N+](=O)[O-])cc2C)CC1.COCC(C)(C)N1CC=C(c2cc(OC3CC3)c([N+](=O)[O-])cc2C)CC1.COCC(C)(C)N1CCC(c2cc(OC3CC3)c(N)cc2C)CC1.Cc1cc([N+](=O)[O-])c(OC2CC2)cc1C1=CCN(C(C)(C)CO)CC1.Cc1cc([N+](=O)[O-])c(OC2CC2)cc1C1=CCNCC1. The summed E-state index contributed by atoms with van der Waals surface area (Å²) in [6.07, 6.45) is 25.4. The summed E-state index contributed by atoms with van der Waals surface area (Å²) < 4.78 is 48.6. The number of nitrogens with zero attached hydrogens (tertiary/aromatic N) is 8. The molecule has 0 amide bonds. The number of methoxy groups -OCH3 is 4. The smallest absolute Gasteiger partial charge is 0.325 e. The number of piperidine rings is 1. The molecule has 0 spiro atoms. The molecule has 5 aliphatic heterocycles. The number of rotatable bonds is 30. The normalized spacial score (nSPS) is 18.1. The van der Waals surface area contributed by atoms with Gasteiger partial charge in [0.2, 0.25) is 0 Å². The number of likely N-dealkylation sites (tertiary alicyclic amines) is 1. The number of nitrogens with one attached hydrogen (secondary N) is 1. The Morgan fingerprint density at radius 1 is 0.424 bits per heavy atom. The molecular formula is C101H147BrN10O20. The van der Waals surface area contributed by atoms with Crippen molar-refractivity contribution in [1.29, 1.82) is 0 Å². The molecule has 5 aliphatic carbocycles. The highest BCUT2D eigenvalue weighted by molar-refractivity contribution is 9.10. The fraction of sp³-hybridized carbons (Fsp3) is 0.604. The molecule has 5 saturated carbocycles. The van der Waals surface area contributed by atoms with Gasteiger partial charge in [-0.3, -0.25) is 69.6 Å². The number of alkyl halides is 1. The highest BCUT2D eigenvalue weighted by Gasteiger charge is 2.40. The minimum absolute atomic E-state index is 0. The largest absolute Gasteiger partial charge is 0.488 e. The monoisotopic (exact) mass is 1900 g/mol. The predicted octanol–water partition coefficient (Wildman–Crippen LogP) is 19.9. The summed E-state index contributed by atoms with van der Waals surface area (Å²) in [6, 6.07) is 18.2. The average Bonchev–Trinajstić information content (AvgIpc) is 1.71. The van der Waals surface area contributed by atoms with E-state index in [-0.39, 0.29) is 117 Å². The van der Waals surface area contributed by atoms with Crippen molar-refractivity contribution in [3.8, 4) is 28.7 Å². The van der Waals surface area contributed by atoms with Crippen LogP contribution in [0.25, 0.3) is 22.3 Å². The minimum atomic E-state index is -0.693. The number of aliphatic hydroxyl groups is 1. The number of aryl methyl sites for hydroxylation is 5. The Morgan fingerprint density at radius 2 is 0.742 bits per heavy atom. The number of hydrogen-bond acceptors (Lipinski definition) is 26. The van der Waals surface area contributed by atoms with Gasteiger partial charge in [0.05, 0.1) is 89.9 Å². The number of halogens is 1. The molecule has 5 aromatic carbocycles. The minimum Gasteiger partial charge on any atom is -0.488 e. The molecule has 5 aromatic rings. The van der Waals surface area contributed by atoms with Crippen molar-refractivity contribution in [3.63, 3.8) is 0 Å². The van der Waals surface area contributed by atoms with Gasteiger partial charge in [-0.25, -0.2) is 0 Å². The number of benzene rings is 5. The van der Waals surface area contributed by atoms with Crippen molar-refractivity contribution in [3.05, 3.63) is 181 Å². The molecule has 0 atom stereocenters. The van der Waals surface area contributed by atoms with E-state index in [1.165, 1.54) is 54.9 Å². The second-order valence-corrected chi connectivity index (χ2v) is 40.6. The van der Waals surface area contributed by atoms with Crippen molar-refractivity contribution < 1.29 is 77.0 Å². The van der Waals surface area contributed by atoms with E-state index >= 15 is 0 Å². The van der Waals surface area contributed by atoms with Crippen LogP contribution in [0.3, 0.4) is 0 Å². The maximum absolute atomic E-state index is 12.0. The van der Waals surface area contributed by atoms with E-state index in [4.69, 9.17) is 43.6 Å². The van der Waals surface area contributed by atoms with E-state index < -0.39 is 9.86 Å². The van der Waals surface area contributed by atoms with E-state index in [1.54, 1.807) is 58.4 Å². The van der Waals surface area contributed by atoms with Crippen LogP contribution in [0.15, 0.2) is 85.0 Å². The lowest BCUT2D eigenvalue weighted by atomic mass is 9.85. The Morgan fingerprint density at radius 3 is 1.02 bits per heavy atom. The van der Waals surface area contributed by atoms with Gasteiger partial charge in [0.15, 0.2) is 23.0 Å². The van der Waals surface area contributed by atoms with E-state index in [1.807, 2.05) is 73.6 Å². The lowest BCUT2D eigenvalue weighted by Gasteiger charge is -2.43. The van der Waals surface area contributed by atoms with Gasteiger partial charge in [-0.2, -0.15) is 0 Å². The molecule has 0 radical (unpaired) electrons. The Balaban J connectivity index is 0.000000199. The molecule has 4 N–H and O–H groups in total. The summed E-state index contributed by atoms with van der Waals surface area (Å²) in [5, 5.41) is 58.0. The molecule has 5 heterocycles. The van der Waals surface area contributed by atoms with Crippen LogP contribution in [0.4, 0.5) is 28.4 Å². The standard InChI is InChI=1S/C20H26N2O5.C20H28N2O4.C20H32N2O2.C19H26N2O4.C15H18N2O3.C5H9BrO2.2CH4/c1-13-11-17(22(24)25)18(27-15-5-6-15)12-16(13)14-7-9-21(10-8-14)20(2,3)19(23)26-4;1-14-11-18(22(23)24)19(26-16-5-6-16)12-17(14)15-7-9-21(10-8-15)20(2,3)13-25-4;1-14-11-18(21)19(24-16-5-6-16)12-17(14)15-7-9-22(10-8-15)20(2,3)13-23-4;1-13-10-17(21(23)24)18(25-15-4-5-15)11-16(13)14-6-8-20(9-7-14)19(2,3)12-22;1-10-8-14(17(18)19)15(20-12-2-3-12)9-13(10)11-4-6-16-7-5-11;1-5(2,6)4(7)8-3;;/h7,11-12,15H,5-6,8-10H2,1-4H3;7,11-12,16H,5-6,8-10,13H2,1-4H3;11-12,15-16H,5-10,13,21H2,1-4H3;6,10-11,15,22H,4-5,7-9,12H2,1-3H3;4,8-9,12,16H,2-3,5-7H2,1H3;1-3H3;2*1H4. The van der Waals surface area contributed by atoms with Crippen LogP contribution in [0.5, 0.6) is 28.7 Å². The first kappa shape index (κ1) is 108. The van der Waals surface area contributed by atoms with Crippen LogP contribution in [0.2, 0.25) is 0 Å². The quantitative estimate of drug-likeness (QED) is 0.0126. The number of hydrogen-bond donors (Lipinski definition) is 3. The third kappa shape index (κ3) is 29.8. The van der Waals surface area contributed by atoms with Gasteiger partial charge in [0.1, 0.15) is 15.6 Å². The molecule has 728 valence electrons. The van der Waals surface area contributed by atoms with Crippen LogP contribution in [0, 0.1) is 75.1 Å². The second kappa shape index (κ2) is 47.2. The Labute approximate surface area is 789 Å². The molecule has 0 aromatic heterocycles. The highest BCUT2D eigenvalue weighted by Crippen LogP contribution is 2.46. The van der Waals surface area contributed by atoms with E-state index in [0.717, 1.165) is 210 Å². The number of nitrogens with two attached hydrogens (primary N) is 1. The van der Waals surface area contributed by atoms with E-state index in [2.05, 4.69) is 117 Å². The third-order valence-corrected chi connectivity index (χ3v) is 25.9. The number of ether oxygens (including phenoxy) is 9. The summed E-state index contributed by atoms with van der Waals surface area (Å²) in [5.41, 5.74) is 21.6. The fourth-order valence-corrected chi connectivity index (χ4v) is 16.9. The first-order valence-electron chi connectivity index (χ1n) is 45.7. The molecular weight excluding hydrogens is 1750 g/mol. The van der Waals surface area contributed by atoms with Crippen LogP contribution < -0.4 is 34.7 Å². The van der Waals surface area contributed by atoms with Crippen LogP contribution in [-0.2, 0) is 28.5 Å². The second-order valence-electron chi connectivity index (χ2n) is 38.6. The maximum atomic E-state index is 12.0. The highest BCUT2D eigenvalue weighted by atomic mass is 79.9. The van der Waals surface area contributed by atoms with Gasteiger partial charge < -0.3 is 58.8 Å². The Kier molecular flexibility index (Phi) is 38.5. The fourth-order valence-electron chi connectivity index (χ4n) is 16.7. The van der Waals surface area contributed by atoms with Gasteiger partial charge >= 0.3 is 34.7 Å². The zero-order valence-electron chi connectivity index (χ0n) is 79.8. The van der Waals surface area contributed by atoms with Crippen molar-refractivity contribution in [1.82, 2.24) is 24.9 Å².